The zero-order valence-electron chi connectivity index (χ0n) is 12.2. The third-order valence-electron chi connectivity index (χ3n) is 3.59. The molecule has 120 valence electrons. The van der Waals surface area contributed by atoms with Crippen molar-refractivity contribution in [3.8, 4) is 28.4 Å². The Morgan fingerprint density at radius 1 is 0.958 bits per heavy atom. The van der Waals surface area contributed by atoms with Gasteiger partial charge in [0.05, 0.1) is 11.2 Å². The molecule has 0 spiro atoms. The predicted octanol–water partition coefficient (Wildman–Crippen LogP) is 3.62. The Bertz CT molecular complexity index is 964. The van der Waals surface area contributed by atoms with Crippen molar-refractivity contribution in [1.82, 2.24) is 25.4 Å². The molecule has 0 saturated carbocycles. The Morgan fingerprint density at radius 2 is 1.75 bits per heavy atom. The highest BCUT2D eigenvalue weighted by Crippen LogP contribution is 2.30. The van der Waals surface area contributed by atoms with E-state index < -0.39 is 6.61 Å². The molecule has 0 aliphatic carbocycles. The van der Waals surface area contributed by atoms with E-state index in [9.17, 15) is 8.78 Å². The van der Waals surface area contributed by atoms with Gasteiger partial charge in [-0.05, 0) is 42.5 Å². The summed E-state index contributed by atoms with van der Waals surface area (Å²) in [6.45, 7) is -2.84. The lowest BCUT2D eigenvalue weighted by molar-refractivity contribution is -0.0498. The van der Waals surface area contributed by atoms with E-state index in [4.69, 9.17) is 0 Å². The van der Waals surface area contributed by atoms with Crippen molar-refractivity contribution >= 4 is 10.9 Å². The highest BCUT2D eigenvalue weighted by Gasteiger charge is 2.12. The first-order chi connectivity index (χ1) is 11.7. The molecule has 0 aliphatic rings. The first-order valence-corrected chi connectivity index (χ1v) is 7.10. The fraction of sp³-hybridized carbons (Fsp3) is 0.0625. The van der Waals surface area contributed by atoms with Gasteiger partial charge in [0.1, 0.15) is 12.1 Å². The highest BCUT2D eigenvalue weighted by atomic mass is 19.3. The number of benzene rings is 2. The van der Waals surface area contributed by atoms with Crippen molar-refractivity contribution < 1.29 is 13.5 Å². The maximum absolute atomic E-state index is 12.2. The molecule has 0 bridgehead atoms. The Balaban J connectivity index is 1.75. The summed E-state index contributed by atoms with van der Waals surface area (Å²) in [5.41, 5.74) is 3.21. The minimum atomic E-state index is -2.84. The summed E-state index contributed by atoms with van der Waals surface area (Å²) >= 11 is 0. The van der Waals surface area contributed by atoms with Crippen molar-refractivity contribution in [1.29, 1.82) is 0 Å². The quantitative estimate of drug-likeness (QED) is 0.600. The van der Waals surface area contributed by atoms with E-state index in [0.29, 0.717) is 11.5 Å². The number of halogens is 2. The predicted molar refractivity (Wildman–Crippen MR) is 83.5 cm³/mol. The van der Waals surface area contributed by atoms with E-state index in [1.807, 2.05) is 18.2 Å². The van der Waals surface area contributed by atoms with Gasteiger partial charge in [0.15, 0.2) is 5.82 Å². The second-order valence-corrected chi connectivity index (χ2v) is 5.06. The molecule has 2 N–H and O–H groups in total. The van der Waals surface area contributed by atoms with Crippen LogP contribution in [0.5, 0.6) is 5.75 Å². The second kappa shape index (κ2) is 5.73. The Kier molecular flexibility index (Phi) is 3.42. The van der Waals surface area contributed by atoms with Gasteiger partial charge in [0.25, 0.3) is 0 Å². The molecule has 2 aromatic carbocycles. The monoisotopic (exact) mass is 327 g/mol. The lowest BCUT2D eigenvalue weighted by Gasteiger charge is -2.05. The van der Waals surface area contributed by atoms with E-state index in [0.717, 1.165) is 22.0 Å². The first kappa shape index (κ1) is 14.3. The largest absolute Gasteiger partial charge is 0.435 e. The van der Waals surface area contributed by atoms with Gasteiger partial charge in [0.2, 0.25) is 0 Å². The van der Waals surface area contributed by atoms with Crippen LogP contribution in [0.15, 0.2) is 48.8 Å². The topological polar surface area (TPSA) is 79.5 Å². The van der Waals surface area contributed by atoms with E-state index in [-0.39, 0.29) is 5.75 Å². The van der Waals surface area contributed by atoms with Crippen LogP contribution >= 0.6 is 0 Å². The lowest BCUT2D eigenvalue weighted by atomic mass is 10.1. The van der Waals surface area contributed by atoms with E-state index >= 15 is 0 Å². The maximum Gasteiger partial charge on any atom is 0.387 e. The minimum absolute atomic E-state index is 0.106. The van der Waals surface area contributed by atoms with E-state index in [2.05, 4.69) is 30.1 Å². The molecular formula is C16H11F2N5O. The standard InChI is InChI=1S/C16H11F2N5O/c17-16(18)24-11-4-1-9(2-5-11)14-12-7-10(15-19-8-20-23-15)3-6-13(12)21-22-14/h1-8,16H,(H,21,22)(H,19,20,23). The molecule has 0 atom stereocenters. The summed E-state index contributed by atoms with van der Waals surface area (Å²) < 4.78 is 28.8. The van der Waals surface area contributed by atoms with Gasteiger partial charge in [-0.25, -0.2) is 4.98 Å². The number of alkyl halides is 2. The molecule has 8 heteroatoms. The number of rotatable bonds is 4. The number of hydrogen-bond acceptors (Lipinski definition) is 4. The molecule has 2 heterocycles. The van der Waals surface area contributed by atoms with Crippen molar-refractivity contribution in [2.45, 2.75) is 6.61 Å². The van der Waals surface area contributed by atoms with Gasteiger partial charge < -0.3 is 4.74 Å². The van der Waals surface area contributed by atoms with Gasteiger partial charge in [-0.2, -0.15) is 19.0 Å². The van der Waals surface area contributed by atoms with Gasteiger partial charge >= 0.3 is 6.61 Å². The van der Waals surface area contributed by atoms with Crippen LogP contribution in [0, 0.1) is 0 Å². The zero-order valence-corrected chi connectivity index (χ0v) is 12.2. The summed E-state index contributed by atoms with van der Waals surface area (Å²) in [7, 11) is 0. The molecule has 0 amide bonds. The van der Waals surface area contributed by atoms with Gasteiger partial charge in [-0.3, -0.25) is 10.2 Å². The SMILES string of the molecule is FC(F)Oc1ccc(-c2n[nH]c3ccc(-c4nc[nH]n4)cc23)cc1. The van der Waals surface area contributed by atoms with Crippen molar-refractivity contribution in [2.24, 2.45) is 0 Å². The fourth-order valence-electron chi connectivity index (χ4n) is 2.52. The lowest BCUT2D eigenvalue weighted by Crippen LogP contribution is -2.01. The molecular weight excluding hydrogens is 316 g/mol. The van der Waals surface area contributed by atoms with Crippen molar-refractivity contribution in [3.63, 3.8) is 0 Å². The Morgan fingerprint density at radius 3 is 2.46 bits per heavy atom. The number of nitrogens with zero attached hydrogens (tertiary/aromatic N) is 3. The molecule has 0 radical (unpaired) electrons. The summed E-state index contributed by atoms with van der Waals surface area (Å²) in [6, 6.07) is 12.1. The first-order valence-electron chi connectivity index (χ1n) is 7.10. The summed E-state index contributed by atoms with van der Waals surface area (Å²) in [5.74, 6) is 0.694. The number of H-pyrrole nitrogens is 2. The molecule has 2 aromatic heterocycles. The molecule has 24 heavy (non-hydrogen) atoms. The van der Waals surface area contributed by atoms with E-state index in [1.54, 1.807) is 12.1 Å². The smallest absolute Gasteiger partial charge is 0.387 e. The van der Waals surface area contributed by atoms with Crippen molar-refractivity contribution in [2.75, 3.05) is 0 Å². The molecule has 0 aliphatic heterocycles. The average molecular weight is 327 g/mol. The van der Waals surface area contributed by atoms with Crippen LogP contribution in [-0.4, -0.2) is 32.0 Å². The summed E-state index contributed by atoms with van der Waals surface area (Å²) in [5, 5.41) is 14.9. The third-order valence-corrected chi connectivity index (χ3v) is 3.59. The van der Waals surface area contributed by atoms with Crippen LogP contribution in [0.25, 0.3) is 33.5 Å². The molecule has 0 unspecified atom stereocenters. The molecule has 6 nitrogen and oxygen atoms in total. The number of fused-ring (bicyclic) bond motifs is 1. The number of ether oxygens (including phenoxy) is 1. The van der Waals surface area contributed by atoms with Crippen LogP contribution in [0.3, 0.4) is 0 Å². The van der Waals surface area contributed by atoms with Crippen molar-refractivity contribution in [3.05, 3.63) is 48.8 Å². The zero-order chi connectivity index (χ0) is 16.5. The third kappa shape index (κ3) is 2.58. The van der Waals surface area contributed by atoms with Gasteiger partial charge in [-0.1, -0.05) is 0 Å². The van der Waals surface area contributed by atoms with Crippen LogP contribution in [0.2, 0.25) is 0 Å². The maximum atomic E-state index is 12.2. The van der Waals surface area contributed by atoms with Crippen LogP contribution in [-0.2, 0) is 0 Å². The molecule has 4 aromatic rings. The van der Waals surface area contributed by atoms with Gasteiger partial charge in [0, 0.05) is 16.5 Å². The van der Waals surface area contributed by atoms with E-state index in [1.165, 1.54) is 18.5 Å². The Labute approximate surface area is 134 Å². The van der Waals surface area contributed by atoms with Crippen LogP contribution < -0.4 is 4.74 Å². The minimum Gasteiger partial charge on any atom is -0.435 e. The number of nitrogens with one attached hydrogen (secondary N) is 2. The highest BCUT2D eigenvalue weighted by molar-refractivity contribution is 5.95. The Hall–Kier alpha value is -3.29. The number of aromatic nitrogens is 5. The molecule has 4 rings (SSSR count). The molecule has 0 fully saturated rings. The van der Waals surface area contributed by atoms with Crippen LogP contribution in [0.1, 0.15) is 0 Å². The average Bonchev–Trinajstić information content (AvgIpc) is 3.24. The van der Waals surface area contributed by atoms with Crippen LogP contribution in [0.4, 0.5) is 8.78 Å². The summed E-state index contributed by atoms with van der Waals surface area (Å²) in [4.78, 5) is 4.13. The number of hydrogen-bond donors (Lipinski definition) is 2. The molecule has 0 saturated heterocycles. The van der Waals surface area contributed by atoms with Gasteiger partial charge in [-0.15, -0.1) is 0 Å². The fourth-order valence-corrected chi connectivity index (χ4v) is 2.52. The summed E-state index contributed by atoms with van der Waals surface area (Å²) in [6.07, 6.45) is 1.51. The normalized spacial score (nSPS) is 11.3. The second-order valence-electron chi connectivity index (χ2n) is 5.06. The number of aromatic amines is 2.